The zero-order valence-electron chi connectivity index (χ0n) is 17.8. The number of nitrogens with one attached hydrogen (secondary N) is 2. The Bertz CT molecular complexity index is 1160. The van der Waals surface area contributed by atoms with Crippen molar-refractivity contribution in [1.29, 1.82) is 0 Å². The van der Waals surface area contributed by atoms with Crippen molar-refractivity contribution in [2.45, 2.75) is 6.54 Å². The van der Waals surface area contributed by atoms with Gasteiger partial charge in [0, 0.05) is 32.3 Å². The standard InChI is InChI=1S/C22H24N7O2P/c1-30-32(31-2)20-6-4-3-5-19(20)27-21-11-12-24-22(28-21)26-18-13-25-29(15-18)14-16-7-9-17(23)10-8-16/h3-13,15H,14,23H2,1-2H3,(H2,24,26,27,28). The van der Waals surface area contributed by atoms with Gasteiger partial charge in [-0.2, -0.15) is 10.1 Å². The molecule has 0 saturated heterocycles. The molecule has 4 N–H and O–H groups in total. The van der Waals surface area contributed by atoms with Crippen molar-refractivity contribution in [3.8, 4) is 0 Å². The molecule has 0 aliphatic carbocycles. The summed E-state index contributed by atoms with van der Waals surface area (Å²) in [6.45, 7) is 0.642. The Morgan fingerprint density at radius 1 is 1.00 bits per heavy atom. The molecule has 0 aliphatic heterocycles. The number of aromatic nitrogens is 4. The summed E-state index contributed by atoms with van der Waals surface area (Å²) >= 11 is 0. The lowest BCUT2D eigenvalue weighted by Gasteiger charge is -2.17. The number of nitrogen functional groups attached to an aromatic ring is 1. The SMILES string of the molecule is COP(OC)c1ccccc1Nc1ccnc(Nc2cnn(Cc3ccc(N)cc3)c2)n1. The van der Waals surface area contributed by atoms with Crippen LogP contribution in [0.25, 0.3) is 0 Å². The van der Waals surface area contributed by atoms with Crippen LogP contribution in [0.15, 0.2) is 73.2 Å². The molecule has 0 aliphatic rings. The van der Waals surface area contributed by atoms with E-state index in [1.165, 1.54) is 0 Å². The van der Waals surface area contributed by atoms with Crippen LogP contribution in [-0.2, 0) is 15.6 Å². The molecule has 0 spiro atoms. The lowest BCUT2D eigenvalue weighted by atomic mass is 10.2. The minimum absolute atomic E-state index is 0.459. The van der Waals surface area contributed by atoms with Gasteiger partial charge < -0.3 is 25.4 Å². The second-order valence-corrected chi connectivity index (χ2v) is 8.55. The number of para-hydroxylation sites is 1. The second-order valence-electron chi connectivity index (χ2n) is 6.82. The number of nitrogens with zero attached hydrogens (tertiary/aromatic N) is 4. The molecule has 2 aromatic heterocycles. The van der Waals surface area contributed by atoms with Crippen LogP contribution in [0.4, 0.5) is 28.8 Å². The summed E-state index contributed by atoms with van der Waals surface area (Å²) in [7, 11) is 2.09. The molecular weight excluding hydrogens is 425 g/mol. The number of nitrogens with two attached hydrogens (primary N) is 1. The normalized spacial score (nSPS) is 11.0. The molecule has 164 valence electrons. The first-order chi connectivity index (χ1) is 15.6. The highest BCUT2D eigenvalue weighted by molar-refractivity contribution is 7.56. The first-order valence-corrected chi connectivity index (χ1v) is 11.0. The van der Waals surface area contributed by atoms with Gasteiger partial charge in [-0.05, 0) is 35.9 Å². The van der Waals surface area contributed by atoms with Crippen LogP contribution in [0.5, 0.6) is 0 Å². The van der Waals surface area contributed by atoms with Gasteiger partial charge >= 0.3 is 0 Å². The zero-order valence-corrected chi connectivity index (χ0v) is 18.7. The van der Waals surface area contributed by atoms with Crippen LogP contribution < -0.4 is 21.7 Å². The zero-order chi connectivity index (χ0) is 22.3. The number of anilines is 5. The van der Waals surface area contributed by atoms with Gasteiger partial charge in [0.05, 0.1) is 29.4 Å². The van der Waals surface area contributed by atoms with E-state index < -0.39 is 8.38 Å². The fraction of sp³-hybridized carbons (Fsp3) is 0.136. The van der Waals surface area contributed by atoms with E-state index >= 15 is 0 Å². The Balaban J connectivity index is 1.45. The van der Waals surface area contributed by atoms with Crippen molar-refractivity contribution in [2.75, 3.05) is 30.6 Å². The van der Waals surface area contributed by atoms with Crippen molar-refractivity contribution in [1.82, 2.24) is 19.7 Å². The summed E-state index contributed by atoms with van der Waals surface area (Å²) in [5.74, 6) is 1.10. The monoisotopic (exact) mass is 449 g/mol. The number of hydrogen-bond acceptors (Lipinski definition) is 8. The highest BCUT2D eigenvalue weighted by Gasteiger charge is 2.15. The lowest BCUT2D eigenvalue weighted by molar-refractivity contribution is 0.350. The Morgan fingerprint density at radius 3 is 2.56 bits per heavy atom. The van der Waals surface area contributed by atoms with Gasteiger partial charge in [0.1, 0.15) is 5.82 Å². The molecule has 2 aromatic carbocycles. The Morgan fingerprint density at radius 2 is 1.78 bits per heavy atom. The largest absolute Gasteiger partial charge is 0.399 e. The topological polar surface area (TPSA) is 112 Å². The highest BCUT2D eigenvalue weighted by Crippen LogP contribution is 2.38. The molecule has 10 heteroatoms. The maximum atomic E-state index is 5.75. The van der Waals surface area contributed by atoms with Crippen molar-refractivity contribution < 1.29 is 9.05 Å². The third-order valence-corrected chi connectivity index (χ3v) is 6.01. The Kier molecular flexibility index (Phi) is 6.91. The minimum Gasteiger partial charge on any atom is -0.399 e. The maximum absolute atomic E-state index is 5.75. The second kappa shape index (κ2) is 10.2. The smallest absolute Gasteiger partial charge is 0.229 e. The van der Waals surface area contributed by atoms with Gasteiger partial charge in [0.25, 0.3) is 0 Å². The van der Waals surface area contributed by atoms with Crippen LogP contribution in [0.1, 0.15) is 5.56 Å². The Labute approximate surface area is 187 Å². The Hall–Kier alpha value is -3.52. The molecule has 32 heavy (non-hydrogen) atoms. The van der Waals surface area contributed by atoms with Gasteiger partial charge in [-0.1, -0.05) is 24.3 Å². The average Bonchev–Trinajstić information content (AvgIpc) is 3.24. The summed E-state index contributed by atoms with van der Waals surface area (Å²) in [5.41, 5.74) is 9.26. The summed E-state index contributed by atoms with van der Waals surface area (Å²) < 4.78 is 12.8. The van der Waals surface area contributed by atoms with Gasteiger partial charge in [0.2, 0.25) is 14.3 Å². The minimum atomic E-state index is -1.18. The van der Waals surface area contributed by atoms with E-state index in [9.17, 15) is 0 Å². The molecule has 0 fully saturated rings. The number of benzene rings is 2. The van der Waals surface area contributed by atoms with Crippen LogP contribution in [0.2, 0.25) is 0 Å². The van der Waals surface area contributed by atoms with Crippen molar-refractivity contribution in [2.24, 2.45) is 0 Å². The molecule has 0 atom stereocenters. The van der Waals surface area contributed by atoms with E-state index in [4.69, 9.17) is 14.8 Å². The molecule has 0 bridgehead atoms. The maximum Gasteiger partial charge on any atom is 0.229 e. The molecule has 0 amide bonds. The third kappa shape index (κ3) is 5.39. The van der Waals surface area contributed by atoms with E-state index in [1.54, 1.807) is 32.7 Å². The van der Waals surface area contributed by atoms with Crippen molar-refractivity contribution in [3.05, 3.63) is 78.8 Å². The predicted octanol–water partition coefficient (Wildman–Crippen LogP) is 4.02. The summed E-state index contributed by atoms with van der Waals surface area (Å²) in [4.78, 5) is 8.87. The quantitative estimate of drug-likeness (QED) is 0.259. The number of rotatable bonds is 9. The summed E-state index contributed by atoms with van der Waals surface area (Å²) in [5, 5.41) is 11.8. The van der Waals surface area contributed by atoms with E-state index in [2.05, 4.69) is 25.7 Å². The molecular formula is C22H24N7O2P. The molecule has 0 radical (unpaired) electrons. The molecule has 0 unspecified atom stereocenters. The van der Waals surface area contributed by atoms with Crippen LogP contribution in [-0.4, -0.2) is 34.0 Å². The van der Waals surface area contributed by atoms with E-state index in [-0.39, 0.29) is 0 Å². The molecule has 2 heterocycles. The number of hydrogen-bond donors (Lipinski definition) is 3. The van der Waals surface area contributed by atoms with E-state index in [1.807, 2.05) is 59.4 Å². The van der Waals surface area contributed by atoms with Gasteiger partial charge in [-0.3, -0.25) is 4.68 Å². The van der Waals surface area contributed by atoms with Gasteiger partial charge in [-0.25, -0.2) is 4.98 Å². The van der Waals surface area contributed by atoms with Crippen LogP contribution in [0, 0.1) is 0 Å². The van der Waals surface area contributed by atoms with Crippen LogP contribution in [0.3, 0.4) is 0 Å². The first kappa shape index (κ1) is 21.7. The molecule has 0 saturated carbocycles. The molecule has 9 nitrogen and oxygen atoms in total. The summed E-state index contributed by atoms with van der Waals surface area (Å²) in [6, 6.07) is 17.3. The highest BCUT2D eigenvalue weighted by atomic mass is 31.2. The fourth-order valence-electron chi connectivity index (χ4n) is 3.09. The van der Waals surface area contributed by atoms with Crippen molar-refractivity contribution in [3.63, 3.8) is 0 Å². The summed E-state index contributed by atoms with van der Waals surface area (Å²) in [6.07, 6.45) is 5.33. The van der Waals surface area contributed by atoms with Crippen molar-refractivity contribution >= 4 is 42.5 Å². The van der Waals surface area contributed by atoms with Gasteiger partial charge in [-0.15, -0.1) is 0 Å². The first-order valence-electron chi connectivity index (χ1n) is 9.86. The third-order valence-electron chi connectivity index (χ3n) is 4.56. The molecule has 4 aromatic rings. The average molecular weight is 449 g/mol. The van der Waals surface area contributed by atoms with E-state index in [0.29, 0.717) is 18.3 Å². The van der Waals surface area contributed by atoms with E-state index in [0.717, 1.165) is 27.9 Å². The van der Waals surface area contributed by atoms with Crippen LogP contribution >= 0.6 is 8.38 Å². The fourth-order valence-corrected chi connectivity index (χ4v) is 4.17. The lowest BCUT2D eigenvalue weighted by Crippen LogP contribution is -2.10. The molecule has 4 rings (SSSR count). The van der Waals surface area contributed by atoms with Gasteiger partial charge in [0.15, 0.2) is 0 Å². The predicted molar refractivity (Wildman–Crippen MR) is 128 cm³/mol.